The van der Waals surface area contributed by atoms with Crippen molar-refractivity contribution in [2.75, 3.05) is 0 Å². The highest BCUT2D eigenvalue weighted by molar-refractivity contribution is 5.79. The molecule has 0 radical (unpaired) electrons. The van der Waals surface area contributed by atoms with Gasteiger partial charge in [0.1, 0.15) is 12.0 Å². The third-order valence-corrected chi connectivity index (χ3v) is 3.15. The predicted octanol–water partition coefficient (Wildman–Crippen LogP) is 1.12. The van der Waals surface area contributed by atoms with Gasteiger partial charge in [0.2, 0.25) is 5.96 Å². The quantitative estimate of drug-likeness (QED) is 0.745. The Hall–Kier alpha value is -1.78. The molecule has 2 heterocycles. The number of nitrogens with two attached hydrogens (primary N) is 1. The number of halogens is 1. The van der Waals surface area contributed by atoms with Crippen molar-refractivity contribution in [1.29, 1.82) is 0 Å². The molecule has 5 heteroatoms. The van der Waals surface area contributed by atoms with Crippen LogP contribution in [0.25, 0.3) is 0 Å². The Morgan fingerprint density at radius 2 is 2.19 bits per heavy atom. The lowest BCUT2D eigenvalue weighted by molar-refractivity contribution is 0.212. The zero-order valence-corrected chi connectivity index (χ0v) is 8.73. The van der Waals surface area contributed by atoms with E-state index in [1.807, 2.05) is 17.1 Å². The Bertz CT molecular complexity index is 445. The zero-order valence-electron chi connectivity index (χ0n) is 8.73. The summed E-state index contributed by atoms with van der Waals surface area (Å²) in [5.74, 6) is 0.250. The number of guanidine groups is 1. The second-order valence-corrected chi connectivity index (χ2v) is 4.14. The van der Waals surface area contributed by atoms with Crippen LogP contribution in [0.4, 0.5) is 4.39 Å². The van der Waals surface area contributed by atoms with E-state index in [2.05, 4.69) is 10.4 Å². The van der Waals surface area contributed by atoms with E-state index in [1.54, 1.807) is 6.07 Å². The summed E-state index contributed by atoms with van der Waals surface area (Å²) < 4.78 is 13.7. The van der Waals surface area contributed by atoms with Crippen LogP contribution in [0.5, 0.6) is 0 Å². The minimum atomic E-state index is -0.172. The van der Waals surface area contributed by atoms with Gasteiger partial charge in [-0.15, -0.1) is 5.10 Å². The SMILES string of the molecule is NC1=NN2C(CC[C@H]2c2ccccc2F)N1. The predicted molar refractivity (Wildman–Crippen MR) is 58.8 cm³/mol. The fraction of sp³-hybridized carbons (Fsp3) is 0.364. The number of benzene rings is 1. The highest BCUT2D eigenvalue weighted by Crippen LogP contribution is 2.37. The van der Waals surface area contributed by atoms with E-state index in [9.17, 15) is 4.39 Å². The lowest BCUT2D eigenvalue weighted by Crippen LogP contribution is -2.36. The van der Waals surface area contributed by atoms with Crippen LogP contribution in [-0.4, -0.2) is 17.1 Å². The van der Waals surface area contributed by atoms with Crippen LogP contribution in [0, 0.1) is 5.82 Å². The molecule has 3 rings (SSSR count). The van der Waals surface area contributed by atoms with Gasteiger partial charge in [-0.3, -0.25) is 5.01 Å². The lowest BCUT2D eigenvalue weighted by atomic mass is 10.0. The van der Waals surface area contributed by atoms with Gasteiger partial charge in [0.25, 0.3) is 0 Å². The summed E-state index contributed by atoms with van der Waals surface area (Å²) >= 11 is 0. The topological polar surface area (TPSA) is 53.6 Å². The number of hydrazone groups is 1. The second-order valence-electron chi connectivity index (χ2n) is 4.14. The number of fused-ring (bicyclic) bond motifs is 1. The van der Waals surface area contributed by atoms with Crippen molar-refractivity contribution in [3.8, 4) is 0 Å². The molecule has 4 nitrogen and oxygen atoms in total. The maximum absolute atomic E-state index is 13.7. The van der Waals surface area contributed by atoms with Gasteiger partial charge in [-0.25, -0.2) is 4.39 Å². The first kappa shape index (κ1) is 9.45. The molecule has 1 aromatic rings. The second kappa shape index (κ2) is 3.37. The molecule has 0 aliphatic carbocycles. The first-order chi connectivity index (χ1) is 7.75. The van der Waals surface area contributed by atoms with Gasteiger partial charge in [-0.05, 0) is 18.9 Å². The largest absolute Gasteiger partial charge is 0.368 e. The molecule has 1 aromatic carbocycles. The van der Waals surface area contributed by atoms with Gasteiger partial charge in [-0.1, -0.05) is 18.2 Å². The van der Waals surface area contributed by atoms with Crippen LogP contribution in [0.2, 0.25) is 0 Å². The molecule has 0 spiro atoms. The first-order valence-electron chi connectivity index (χ1n) is 5.39. The number of nitrogens with zero attached hydrogens (tertiary/aromatic N) is 2. The Kier molecular flexibility index (Phi) is 1.99. The van der Waals surface area contributed by atoms with Crippen LogP contribution in [0.1, 0.15) is 24.4 Å². The Morgan fingerprint density at radius 1 is 1.38 bits per heavy atom. The molecule has 16 heavy (non-hydrogen) atoms. The molecular weight excluding hydrogens is 207 g/mol. The molecule has 0 saturated carbocycles. The highest BCUT2D eigenvalue weighted by atomic mass is 19.1. The van der Waals surface area contributed by atoms with E-state index in [4.69, 9.17) is 5.73 Å². The summed E-state index contributed by atoms with van der Waals surface area (Å²) in [5.41, 5.74) is 6.31. The molecule has 2 aliphatic rings. The third kappa shape index (κ3) is 1.31. The minimum Gasteiger partial charge on any atom is -0.368 e. The van der Waals surface area contributed by atoms with Crippen molar-refractivity contribution in [2.24, 2.45) is 10.8 Å². The van der Waals surface area contributed by atoms with Crippen molar-refractivity contribution < 1.29 is 4.39 Å². The fourth-order valence-corrected chi connectivity index (χ4v) is 2.44. The monoisotopic (exact) mass is 220 g/mol. The van der Waals surface area contributed by atoms with E-state index in [0.717, 1.165) is 12.8 Å². The molecule has 2 aliphatic heterocycles. The Morgan fingerprint density at radius 3 is 3.00 bits per heavy atom. The van der Waals surface area contributed by atoms with Gasteiger partial charge >= 0.3 is 0 Å². The van der Waals surface area contributed by atoms with Crippen molar-refractivity contribution in [1.82, 2.24) is 10.3 Å². The zero-order chi connectivity index (χ0) is 11.1. The normalized spacial score (nSPS) is 27.6. The van der Waals surface area contributed by atoms with Crippen LogP contribution < -0.4 is 11.1 Å². The average molecular weight is 220 g/mol. The molecule has 1 fully saturated rings. The molecule has 84 valence electrons. The van der Waals surface area contributed by atoms with Crippen LogP contribution in [0.15, 0.2) is 29.4 Å². The van der Waals surface area contributed by atoms with E-state index >= 15 is 0 Å². The van der Waals surface area contributed by atoms with Crippen molar-refractivity contribution in [2.45, 2.75) is 25.0 Å². The number of nitrogens with one attached hydrogen (secondary N) is 1. The van der Waals surface area contributed by atoms with E-state index in [1.165, 1.54) is 6.07 Å². The first-order valence-corrected chi connectivity index (χ1v) is 5.39. The molecule has 0 aromatic heterocycles. The van der Waals surface area contributed by atoms with E-state index < -0.39 is 0 Å². The summed E-state index contributed by atoms with van der Waals surface area (Å²) in [4.78, 5) is 0. The fourth-order valence-electron chi connectivity index (χ4n) is 2.44. The van der Waals surface area contributed by atoms with Crippen molar-refractivity contribution in [3.63, 3.8) is 0 Å². The number of rotatable bonds is 1. The Labute approximate surface area is 92.9 Å². The summed E-state index contributed by atoms with van der Waals surface area (Å²) in [7, 11) is 0. The molecule has 2 atom stereocenters. The van der Waals surface area contributed by atoms with Gasteiger partial charge in [0, 0.05) is 5.56 Å². The highest BCUT2D eigenvalue weighted by Gasteiger charge is 2.38. The molecule has 0 bridgehead atoms. The third-order valence-electron chi connectivity index (χ3n) is 3.15. The van der Waals surface area contributed by atoms with Gasteiger partial charge in [0.15, 0.2) is 0 Å². The Balaban J connectivity index is 1.94. The van der Waals surface area contributed by atoms with Crippen LogP contribution >= 0.6 is 0 Å². The van der Waals surface area contributed by atoms with Crippen LogP contribution in [0.3, 0.4) is 0 Å². The average Bonchev–Trinajstić information content (AvgIpc) is 2.78. The maximum Gasteiger partial charge on any atom is 0.213 e. The summed E-state index contributed by atoms with van der Waals surface area (Å²) in [5, 5.41) is 9.13. The maximum atomic E-state index is 13.7. The van der Waals surface area contributed by atoms with Gasteiger partial charge in [0.05, 0.1) is 6.04 Å². The molecular formula is C11H13FN4. The van der Waals surface area contributed by atoms with Crippen molar-refractivity contribution in [3.05, 3.63) is 35.6 Å². The van der Waals surface area contributed by atoms with Gasteiger partial charge in [-0.2, -0.15) is 0 Å². The van der Waals surface area contributed by atoms with E-state index in [0.29, 0.717) is 11.5 Å². The summed E-state index contributed by atoms with van der Waals surface area (Å²) in [6.45, 7) is 0. The molecule has 1 unspecified atom stereocenters. The molecule has 3 N–H and O–H groups in total. The summed E-state index contributed by atoms with van der Waals surface area (Å²) in [6, 6.07) is 6.85. The van der Waals surface area contributed by atoms with Crippen molar-refractivity contribution >= 4 is 5.96 Å². The standard InChI is InChI=1S/C11H13FN4/c12-8-4-2-1-3-7(8)9-5-6-10-14-11(13)15-16(9)10/h1-4,9-10H,5-6H2,(H3,13,14,15)/t9-,10?/m0/s1. The lowest BCUT2D eigenvalue weighted by Gasteiger charge is -2.22. The molecule has 0 amide bonds. The summed E-state index contributed by atoms with van der Waals surface area (Å²) in [6.07, 6.45) is 1.96. The van der Waals surface area contributed by atoms with E-state index in [-0.39, 0.29) is 18.0 Å². The number of hydrogen-bond donors (Lipinski definition) is 2. The minimum absolute atomic E-state index is 0.000231. The number of hydrogen-bond acceptors (Lipinski definition) is 4. The molecule has 1 saturated heterocycles. The smallest absolute Gasteiger partial charge is 0.213 e. The van der Waals surface area contributed by atoms with Gasteiger partial charge < -0.3 is 11.1 Å². The van der Waals surface area contributed by atoms with Crippen LogP contribution in [-0.2, 0) is 0 Å².